The van der Waals surface area contributed by atoms with Gasteiger partial charge < -0.3 is 5.32 Å². The zero-order valence-electron chi connectivity index (χ0n) is 19.8. The predicted molar refractivity (Wildman–Crippen MR) is 132 cm³/mol. The molecule has 0 aromatic heterocycles. The molecule has 0 fully saturated rings. The number of aliphatic imine (C=N–C) groups is 1. The van der Waals surface area contributed by atoms with Crippen molar-refractivity contribution in [1.82, 2.24) is 10.0 Å². The average molecular weight is 469 g/mol. The van der Waals surface area contributed by atoms with Crippen LogP contribution in [0, 0.1) is 17.0 Å². The zero-order valence-corrected chi connectivity index (χ0v) is 20.7. The number of nitrogens with zero attached hydrogens (tertiary/aromatic N) is 2. The Balaban J connectivity index is 0. The van der Waals surface area contributed by atoms with Crippen LogP contribution in [-0.2, 0) is 10.0 Å². The molecule has 32 heavy (non-hydrogen) atoms. The Kier molecular flexibility index (Phi) is 17.2. The van der Waals surface area contributed by atoms with Crippen molar-refractivity contribution in [1.29, 1.82) is 0 Å². The molecule has 1 aromatic rings. The third kappa shape index (κ3) is 12.6. The SMILES string of the molecule is C=CCS(=O)(=O)NC(C/C=C\C)=NCCNC(=O)c1ccc([N+](=O)[O-])c(C)c1.CC.CC. The number of amidine groups is 1. The highest BCUT2D eigenvalue weighted by atomic mass is 32.2. The number of aryl methyl sites for hydroxylation is 1. The first-order valence-corrected chi connectivity index (χ1v) is 12.1. The van der Waals surface area contributed by atoms with Crippen LogP contribution in [-0.4, -0.2) is 43.9 Å². The van der Waals surface area contributed by atoms with Crippen molar-refractivity contribution < 1.29 is 18.1 Å². The summed E-state index contributed by atoms with van der Waals surface area (Å²) < 4.78 is 26.1. The van der Waals surface area contributed by atoms with E-state index in [4.69, 9.17) is 0 Å². The zero-order chi connectivity index (χ0) is 25.2. The predicted octanol–water partition coefficient (Wildman–Crippen LogP) is 4.16. The van der Waals surface area contributed by atoms with Gasteiger partial charge in [0.15, 0.2) is 0 Å². The third-order valence-electron chi connectivity index (χ3n) is 3.51. The summed E-state index contributed by atoms with van der Waals surface area (Å²) in [6.07, 6.45) is 5.12. The molecule has 0 bridgehead atoms. The molecular weight excluding hydrogens is 432 g/mol. The van der Waals surface area contributed by atoms with Crippen LogP contribution in [0.5, 0.6) is 0 Å². The molecule has 1 rings (SSSR count). The minimum absolute atomic E-state index is 0.0541. The molecule has 10 heteroatoms. The summed E-state index contributed by atoms with van der Waals surface area (Å²) in [6, 6.07) is 4.11. The van der Waals surface area contributed by atoms with Gasteiger partial charge in [0, 0.05) is 30.2 Å². The molecule has 0 aliphatic carbocycles. The molecule has 0 saturated heterocycles. The number of benzene rings is 1. The van der Waals surface area contributed by atoms with Crippen LogP contribution in [0.2, 0.25) is 0 Å². The minimum Gasteiger partial charge on any atom is -0.350 e. The largest absolute Gasteiger partial charge is 0.350 e. The molecule has 0 aliphatic heterocycles. The van der Waals surface area contributed by atoms with Crippen molar-refractivity contribution in [3.8, 4) is 0 Å². The van der Waals surface area contributed by atoms with Crippen molar-refractivity contribution >= 4 is 27.5 Å². The molecule has 1 amide bonds. The average Bonchev–Trinajstić information content (AvgIpc) is 2.76. The standard InChI is InChI=1S/C18H24N4O5S.2C2H6/c1-4-6-7-17(21-28(26,27)12-5-2)19-10-11-20-18(23)15-8-9-16(22(24)25)14(3)13-15;2*1-2/h4-6,8-9,13H,2,7,10-12H2,1,3H3,(H,19,21)(H,20,23);2*1-2H3/b6-4-;;. The van der Waals surface area contributed by atoms with Crippen molar-refractivity contribution in [3.05, 3.63) is 64.2 Å². The monoisotopic (exact) mass is 468 g/mol. The Hall–Kier alpha value is -3.01. The van der Waals surface area contributed by atoms with Crippen LogP contribution in [0.15, 0.2) is 48.0 Å². The van der Waals surface area contributed by atoms with Crippen LogP contribution < -0.4 is 10.0 Å². The van der Waals surface area contributed by atoms with Gasteiger partial charge in [-0.25, -0.2) is 8.42 Å². The normalized spacial score (nSPS) is 10.9. The molecule has 180 valence electrons. The maximum absolute atomic E-state index is 12.1. The number of rotatable bonds is 10. The molecule has 0 atom stereocenters. The van der Waals surface area contributed by atoms with Gasteiger partial charge in [0.05, 0.1) is 17.2 Å². The molecule has 0 heterocycles. The lowest BCUT2D eigenvalue weighted by Gasteiger charge is -2.09. The van der Waals surface area contributed by atoms with E-state index < -0.39 is 20.9 Å². The highest BCUT2D eigenvalue weighted by molar-refractivity contribution is 7.90. The van der Waals surface area contributed by atoms with Crippen LogP contribution >= 0.6 is 0 Å². The topological polar surface area (TPSA) is 131 Å². The summed E-state index contributed by atoms with van der Waals surface area (Å²) in [5.41, 5.74) is 0.635. The first kappa shape index (κ1) is 31.2. The fourth-order valence-electron chi connectivity index (χ4n) is 2.21. The lowest BCUT2D eigenvalue weighted by molar-refractivity contribution is -0.385. The van der Waals surface area contributed by atoms with E-state index in [9.17, 15) is 23.3 Å². The van der Waals surface area contributed by atoms with Gasteiger partial charge >= 0.3 is 0 Å². The number of nitro groups is 1. The first-order valence-electron chi connectivity index (χ1n) is 10.5. The molecule has 0 aliphatic rings. The van der Waals surface area contributed by atoms with E-state index in [2.05, 4.69) is 21.6 Å². The quantitative estimate of drug-likeness (QED) is 0.133. The number of carbonyl (C=O) groups excluding carboxylic acids is 1. The number of nitro benzene ring substituents is 1. The molecular formula is C22H36N4O5S. The van der Waals surface area contributed by atoms with E-state index in [-0.39, 0.29) is 30.4 Å². The van der Waals surface area contributed by atoms with Gasteiger partial charge in [0.2, 0.25) is 10.0 Å². The Bertz CT molecular complexity index is 894. The molecule has 0 unspecified atom stereocenters. The smallest absolute Gasteiger partial charge is 0.272 e. The van der Waals surface area contributed by atoms with Gasteiger partial charge in [-0.2, -0.15) is 0 Å². The number of carbonyl (C=O) groups is 1. The molecule has 0 radical (unpaired) electrons. The van der Waals surface area contributed by atoms with E-state index in [0.717, 1.165) is 0 Å². The Morgan fingerprint density at radius 3 is 2.38 bits per heavy atom. The van der Waals surface area contributed by atoms with Crippen LogP contribution in [0.4, 0.5) is 5.69 Å². The second-order valence-corrected chi connectivity index (χ2v) is 7.55. The maximum atomic E-state index is 12.1. The van der Waals surface area contributed by atoms with Crippen LogP contribution in [0.3, 0.4) is 0 Å². The van der Waals surface area contributed by atoms with Crippen LogP contribution in [0.25, 0.3) is 0 Å². The number of hydrogen-bond acceptors (Lipinski definition) is 6. The van der Waals surface area contributed by atoms with Gasteiger partial charge in [-0.1, -0.05) is 45.9 Å². The number of amides is 1. The van der Waals surface area contributed by atoms with Crippen molar-refractivity contribution in [2.24, 2.45) is 4.99 Å². The van der Waals surface area contributed by atoms with Crippen molar-refractivity contribution in [2.75, 3.05) is 18.8 Å². The van der Waals surface area contributed by atoms with Gasteiger partial charge in [0.25, 0.3) is 11.6 Å². The lowest BCUT2D eigenvalue weighted by atomic mass is 10.1. The highest BCUT2D eigenvalue weighted by Gasteiger charge is 2.14. The Labute approximate surface area is 191 Å². The summed E-state index contributed by atoms with van der Waals surface area (Å²) >= 11 is 0. The highest BCUT2D eigenvalue weighted by Crippen LogP contribution is 2.18. The maximum Gasteiger partial charge on any atom is 0.272 e. The van der Waals surface area contributed by atoms with E-state index >= 15 is 0 Å². The molecule has 1 aromatic carbocycles. The van der Waals surface area contributed by atoms with Gasteiger partial charge in [-0.15, -0.1) is 6.58 Å². The minimum atomic E-state index is -3.55. The number of nitrogens with one attached hydrogen (secondary N) is 2. The Morgan fingerprint density at radius 1 is 1.25 bits per heavy atom. The van der Waals surface area contributed by atoms with E-state index in [1.807, 2.05) is 34.6 Å². The number of sulfonamides is 1. The van der Waals surface area contributed by atoms with Gasteiger partial charge in [-0.05, 0) is 26.0 Å². The van der Waals surface area contributed by atoms with Crippen molar-refractivity contribution in [2.45, 2.75) is 48.0 Å². The number of allylic oxidation sites excluding steroid dienone is 1. The summed E-state index contributed by atoms with van der Waals surface area (Å²) in [7, 11) is -3.55. The van der Waals surface area contributed by atoms with E-state index in [0.29, 0.717) is 17.5 Å². The van der Waals surface area contributed by atoms with E-state index in [1.165, 1.54) is 24.3 Å². The molecule has 0 spiro atoms. The lowest BCUT2D eigenvalue weighted by Crippen LogP contribution is -2.33. The number of hydrogen-bond donors (Lipinski definition) is 2. The van der Waals surface area contributed by atoms with Crippen LogP contribution in [0.1, 0.15) is 57.0 Å². The Morgan fingerprint density at radius 2 is 1.88 bits per heavy atom. The van der Waals surface area contributed by atoms with Gasteiger partial charge in [-0.3, -0.25) is 24.6 Å². The summed E-state index contributed by atoms with van der Waals surface area (Å²) in [6.45, 7) is 15.1. The van der Waals surface area contributed by atoms with Gasteiger partial charge in [0.1, 0.15) is 5.84 Å². The van der Waals surface area contributed by atoms with E-state index in [1.54, 1.807) is 19.1 Å². The summed E-state index contributed by atoms with van der Waals surface area (Å²) in [5.74, 6) is -0.353. The molecule has 9 nitrogen and oxygen atoms in total. The fourth-order valence-corrected chi connectivity index (χ4v) is 3.11. The second kappa shape index (κ2) is 17.6. The summed E-state index contributed by atoms with van der Waals surface area (Å²) in [4.78, 5) is 26.6. The third-order valence-corrected chi connectivity index (χ3v) is 4.73. The molecule has 0 saturated carbocycles. The summed E-state index contributed by atoms with van der Waals surface area (Å²) in [5, 5.41) is 13.5. The second-order valence-electron chi connectivity index (χ2n) is 5.79. The fraction of sp³-hybridized carbons (Fsp3) is 0.455. The molecule has 2 N–H and O–H groups in total. The van der Waals surface area contributed by atoms with Crippen molar-refractivity contribution in [3.63, 3.8) is 0 Å². The first-order chi connectivity index (χ1) is 15.2.